The molecule has 2 aliphatic rings. The minimum absolute atomic E-state index is 0.0943. The summed E-state index contributed by atoms with van der Waals surface area (Å²) in [6.07, 6.45) is 7.00. The van der Waals surface area contributed by atoms with Gasteiger partial charge in [-0.2, -0.15) is 0 Å². The molecule has 21 heavy (non-hydrogen) atoms. The molecule has 110 valence electrons. The number of hydrogen-bond acceptors (Lipinski definition) is 5. The summed E-state index contributed by atoms with van der Waals surface area (Å²) >= 11 is 1.54. The van der Waals surface area contributed by atoms with Crippen molar-refractivity contribution in [3.8, 4) is 0 Å². The Morgan fingerprint density at radius 1 is 1.48 bits per heavy atom. The van der Waals surface area contributed by atoms with E-state index in [2.05, 4.69) is 15.6 Å². The number of fused-ring (bicyclic) bond motifs is 3. The molecule has 2 aliphatic heterocycles. The highest BCUT2D eigenvalue weighted by molar-refractivity contribution is 7.98. The fourth-order valence-electron chi connectivity index (χ4n) is 3.37. The molecule has 1 amide bonds. The molecule has 0 saturated carbocycles. The maximum Gasteiger partial charge on any atom is 0.270 e. The van der Waals surface area contributed by atoms with Gasteiger partial charge in [0.25, 0.3) is 5.91 Å². The van der Waals surface area contributed by atoms with Gasteiger partial charge >= 0.3 is 0 Å². The van der Waals surface area contributed by atoms with E-state index < -0.39 is 0 Å². The third-order valence-corrected chi connectivity index (χ3v) is 5.04. The van der Waals surface area contributed by atoms with Crippen molar-refractivity contribution in [3.63, 3.8) is 0 Å². The number of nitrogens with zero attached hydrogens (tertiary/aromatic N) is 1. The van der Waals surface area contributed by atoms with E-state index in [1.165, 1.54) is 18.2 Å². The highest BCUT2D eigenvalue weighted by Gasteiger charge is 2.39. The summed E-state index contributed by atoms with van der Waals surface area (Å²) in [6.45, 7) is 0. The molecular weight excluding hydrogens is 286 g/mol. The first-order valence-corrected chi connectivity index (χ1v) is 8.46. The molecule has 6 heteroatoms. The van der Waals surface area contributed by atoms with E-state index in [1.807, 2.05) is 12.3 Å². The number of carbonyl (C=O) groups excluding carboxylic acids is 1. The third-order valence-electron chi connectivity index (χ3n) is 4.43. The van der Waals surface area contributed by atoms with Crippen LogP contribution in [0.25, 0.3) is 11.0 Å². The maximum atomic E-state index is 12.4. The van der Waals surface area contributed by atoms with Gasteiger partial charge in [-0.15, -0.1) is 0 Å². The highest BCUT2D eigenvalue weighted by atomic mass is 32.2. The molecule has 4 rings (SSSR count). The molecule has 0 radical (unpaired) electrons. The minimum atomic E-state index is -0.0943. The van der Waals surface area contributed by atoms with Gasteiger partial charge in [-0.1, -0.05) is 11.8 Å². The van der Waals surface area contributed by atoms with Gasteiger partial charge in [0.05, 0.1) is 6.20 Å². The Bertz CT molecular complexity index is 699. The zero-order chi connectivity index (χ0) is 14.4. The van der Waals surface area contributed by atoms with Gasteiger partial charge in [-0.3, -0.25) is 4.79 Å². The molecule has 5 nitrogen and oxygen atoms in total. The van der Waals surface area contributed by atoms with Gasteiger partial charge < -0.3 is 15.1 Å². The average Bonchev–Trinajstić information content (AvgIpc) is 3.20. The molecule has 0 aliphatic carbocycles. The number of pyridine rings is 1. The lowest BCUT2D eigenvalue weighted by Gasteiger charge is -2.21. The Labute approximate surface area is 126 Å². The second-order valence-corrected chi connectivity index (χ2v) is 6.55. The van der Waals surface area contributed by atoms with Gasteiger partial charge in [0.2, 0.25) is 0 Å². The molecule has 4 heterocycles. The fraction of sp³-hybridized carbons (Fsp3) is 0.467. The summed E-state index contributed by atoms with van der Waals surface area (Å²) in [6, 6.07) is 4.99. The van der Waals surface area contributed by atoms with Crippen LogP contribution >= 0.6 is 11.8 Å². The van der Waals surface area contributed by atoms with Gasteiger partial charge in [0, 0.05) is 23.5 Å². The van der Waals surface area contributed by atoms with E-state index in [9.17, 15) is 4.79 Å². The number of nitrogens with one attached hydrogen (secondary N) is 2. The van der Waals surface area contributed by atoms with E-state index in [0.29, 0.717) is 17.8 Å². The summed E-state index contributed by atoms with van der Waals surface area (Å²) in [5.41, 5.74) is 1.18. The normalized spacial score (nSPS) is 27.4. The highest BCUT2D eigenvalue weighted by Crippen LogP contribution is 2.29. The zero-order valence-corrected chi connectivity index (χ0v) is 12.6. The smallest absolute Gasteiger partial charge is 0.270 e. The van der Waals surface area contributed by atoms with Crippen molar-refractivity contribution < 1.29 is 9.21 Å². The number of amides is 1. The predicted molar refractivity (Wildman–Crippen MR) is 81.6 cm³/mol. The maximum absolute atomic E-state index is 12.4. The lowest BCUT2D eigenvalue weighted by molar-refractivity contribution is 0.0926. The van der Waals surface area contributed by atoms with Crippen LogP contribution in [0.15, 0.2) is 27.8 Å². The van der Waals surface area contributed by atoms with Crippen molar-refractivity contribution in [2.45, 2.75) is 42.5 Å². The van der Waals surface area contributed by atoms with Crippen LogP contribution in [0.4, 0.5) is 0 Å². The Morgan fingerprint density at radius 2 is 2.38 bits per heavy atom. The zero-order valence-electron chi connectivity index (χ0n) is 11.8. The number of carbonyl (C=O) groups is 1. The predicted octanol–water partition coefficient (Wildman–Crippen LogP) is 2.17. The summed E-state index contributed by atoms with van der Waals surface area (Å²) in [5.74, 6) is -0.0943. The Morgan fingerprint density at radius 3 is 3.10 bits per heavy atom. The Kier molecular flexibility index (Phi) is 3.15. The van der Waals surface area contributed by atoms with E-state index in [0.717, 1.165) is 28.9 Å². The van der Waals surface area contributed by atoms with Crippen LogP contribution < -0.4 is 10.6 Å². The molecule has 3 atom stereocenters. The molecule has 0 aromatic carbocycles. The first-order valence-electron chi connectivity index (χ1n) is 7.23. The van der Waals surface area contributed by atoms with Crippen molar-refractivity contribution in [2.75, 3.05) is 6.26 Å². The first kappa shape index (κ1) is 13.2. The van der Waals surface area contributed by atoms with E-state index >= 15 is 0 Å². The quantitative estimate of drug-likeness (QED) is 0.851. The summed E-state index contributed by atoms with van der Waals surface area (Å²) < 4.78 is 5.58. The molecule has 0 unspecified atom stereocenters. The monoisotopic (exact) mass is 303 g/mol. The second-order valence-electron chi connectivity index (χ2n) is 5.74. The van der Waals surface area contributed by atoms with Crippen LogP contribution in [0, 0.1) is 0 Å². The number of rotatable bonds is 3. The van der Waals surface area contributed by atoms with Gasteiger partial charge in [0.15, 0.2) is 10.7 Å². The molecule has 2 saturated heterocycles. The standard InChI is InChI=1S/C15H17N3O2S/c1-21-14-5-8-4-12(16-7-13(8)20-14)15(19)18-11-6-9-2-3-10(11)17-9/h4-5,7,9-11,17H,2-3,6H2,1H3,(H,18,19)/t9-,10+,11-/m1/s1. The molecule has 0 spiro atoms. The van der Waals surface area contributed by atoms with Crippen LogP contribution in [0.3, 0.4) is 0 Å². The van der Waals surface area contributed by atoms with Gasteiger partial charge in [0.1, 0.15) is 5.69 Å². The Balaban J connectivity index is 1.53. The number of furan rings is 1. The van der Waals surface area contributed by atoms with Crippen molar-refractivity contribution in [1.82, 2.24) is 15.6 Å². The van der Waals surface area contributed by atoms with E-state index in [-0.39, 0.29) is 11.9 Å². The molecule has 2 aromatic rings. The van der Waals surface area contributed by atoms with E-state index in [4.69, 9.17) is 4.42 Å². The Hall–Kier alpha value is -1.53. The topological polar surface area (TPSA) is 67.2 Å². The third kappa shape index (κ3) is 2.32. The molecule has 2 bridgehead atoms. The number of hydrogen-bond donors (Lipinski definition) is 2. The lowest BCUT2D eigenvalue weighted by Crippen LogP contribution is -2.43. The van der Waals surface area contributed by atoms with Crippen LogP contribution in [0.2, 0.25) is 0 Å². The number of aromatic nitrogens is 1. The van der Waals surface area contributed by atoms with Crippen molar-refractivity contribution in [1.29, 1.82) is 0 Å². The fourth-order valence-corrected chi connectivity index (χ4v) is 3.79. The van der Waals surface area contributed by atoms with Crippen LogP contribution in [0.5, 0.6) is 0 Å². The summed E-state index contributed by atoms with van der Waals surface area (Å²) in [5, 5.41) is 8.39. The van der Waals surface area contributed by atoms with Crippen LogP contribution in [0.1, 0.15) is 29.8 Å². The molecule has 2 N–H and O–H groups in total. The first-order chi connectivity index (χ1) is 10.2. The van der Waals surface area contributed by atoms with Gasteiger partial charge in [-0.25, -0.2) is 4.98 Å². The largest absolute Gasteiger partial charge is 0.448 e. The molecule has 2 fully saturated rings. The number of thioether (sulfide) groups is 1. The average molecular weight is 303 g/mol. The molecule has 2 aromatic heterocycles. The van der Waals surface area contributed by atoms with Crippen molar-refractivity contribution in [3.05, 3.63) is 24.0 Å². The van der Waals surface area contributed by atoms with Crippen LogP contribution in [-0.4, -0.2) is 35.3 Å². The second kappa shape index (κ2) is 5.03. The van der Waals surface area contributed by atoms with Crippen molar-refractivity contribution in [2.24, 2.45) is 0 Å². The molecular formula is C15H17N3O2S. The SMILES string of the molecule is CSc1cc2cc(C(=O)N[C@@H]3C[C@H]4CC[C@@H]3N4)ncc2o1. The lowest BCUT2D eigenvalue weighted by atomic mass is 9.95. The van der Waals surface area contributed by atoms with Gasteiger partial charge in [-0.05, 0) is 37.7 Å². The summed E-state index contributed by atoms with van der Waals surface area (Å²) in [4.78, 5) is 16.6. The minimum Gasteiger partial charge on any atom is -0.448 e. The van der Waals surface area contributed by atoms with E-state index in [1.54, 1.807) is 12.3 Å². The van der Waals surface area contributed by atoms with Crippen LogP contribution in [-0.2, 0) is 0 Å². The van der Waals surface area contributed by atoms with Crippen molar-refractivity contribution >= 4 is 28.6 Å². The summed E-state index contributed by atoms with van der Waals surface area (Å²) in [7, 11) is 0.